The Morgan fingerprint density at radius 2 is 1.67 bits per heavy atom. The molecule has 1 saturated carbocycles. The summed E-state index contributed by atoms with van der Waals surface area (Å²) in [6.45, 7) is 5.66. The summed E-state index contributed by atoms with van der Waals surface area (Å²) in [7, 11) is 0. The molecule has 0 bridgehead atoms. The zero-order chi connectivity index (χ0) is 31.6. The number of nitrogens with zero attached hydrogens (tertiary/aromatic N) is 1. The van der Waals surface area contributed by atoms with Crippen molar-refractivity contribution in [2.75, 3.05) is 13.2 Å². The number of benzene rings is 1. The molecule has 13 heteroatoms. The van der Waals surface area contributed by atoms with Gasteiger partial charge in [0.2, 0.25) is 0 Å². The first-order valence-corrected chi connectivity index (χ1v) is 15.8. The minimum absolute atomic E-state index is 0.0639. The van der Waals surface area contributed by atoms with E-state index in [2.05, 4.69) is 10.0 Å². The van der Waals surface area contributed by atoms with Gasteiger partial charge in [-0.15, -0.1) is 4.72 Å². The van der Waals surface area contributed by atoms with Gasteiger partial charge in [0.15, 0.2) is 4.90 Å². The topological polar surface area (TPSA) is 78.3 Å². The van der Waals surface area contributed by atoms with Gasteiger partial charge in [-0.1, -0.05) is 19.3 Å². The molecule has 1 unspecified atom stereocenters. The van der Waals surface area contributed by atoms with Crippen molar-refractivity contribution in [3.63, 3.8) is 0 Å². The molecular formula is C30H39F6N3O3S. The smallest absolute Gasteiger partial charge is 0.421 e. The van der Waals surface area contributed by atoms with E-state index < -0.39 is 46.1 Å². The van der Waals surface area contributed by atoms with Crippen LogP contribution in [-0.4, -0.2) is 46.0 Å². The van der Waals surface area contributed by atoms with Crippen molar-refractivity contribution >= 4 is 17.3 Å². The SMILES string of the molecule is Cc1c(C(=O)NC2CCOCC2)cc(-c2ccc([S+]([O-])NC(C)(C)CC(F)(F)F)c(C(F)(F)F)c2)n1CC1CCCCC1. The highest BCUT2D eigenvalue weighted by Gasteiger charge is 2.43. The Labute approximate surface area is 251 Å². The summed E-state index contributed by atoms with van der Waals surface area (Å²) in [5.41, 5.74) is -1.38. The lowest BCUT2D eigenvalue weighted by molar-refractivity contribution is -0.146. The van der Waals surface area contributed by atoms with Crippen LogP contribution in [0.2, 0.25) is 0 Å². The van der Waals surface area contributed by atoms with Crippen molar-refractivity contribution in [2.24, 2.45) is 5.92 Å². The van der Waals surface area contributed by atoms with Crippen LogP contribution < -0.4 is 10.0 Å². The summed E-state index contributed by atoms with van der Waals surface area (Å²) < 4.78 is 104. The highest BCUT2D eigenvalue weighted by molar-refractivity contribution is 7.89. The number of carbonyl (C=O) groups excluding carboxylic acids is 1. The third kappa shape index (κ3) is 8.92. The zero-order valence-corrected chi connectivity index (χ0v) is 25.4. The van der Waals surface area contributed by atoms with E-state index >= 15 is 0 Å². The molecule has 1 atom stereocenters. The highest BCUT2D eigenvalue weighted by atomic mass is 32.2. The lowest BCUT2D eigenvalue weighted by atomic mass is 9.89. The minimum Gasteiger partial charge on any atom is -0.593 e. The third-order valence-electron chi connectivity index (χ3n) is 8.13. The van der Waals surface area contributed by atoms with E-state index in [0.29, 0.717) is 55.5 Å². The first-order chi connectivity index (χ1) is 20.0. The van der Waals surface area contributed by atoms with Crippen LogP contribution >= 0.6 is 0 Å². The van der Waals surface area contributed by atoms with Crippen LogP contribution in [0, 0.1) is 12.8 Å². The number of rotatable bonds is 9. The van der Waals surface area contributed by atoms with Crippen LogP contribution in [0.25, 0.3) is 11.3 Å². The zero-order valence-electron chi connectivity index (χ0n) is 24.6. The fourth-order valence-electron chi connectivity index (χ4n) is 6.00. The lowest BCUT2D eigenvalue weighted by Gasteiger charge is -2.28. The Kier molecular flexibility index (Phi) is 10.5. The number of carbonyl (C=O) groups is 1. The lowest BCUT2D eigenvalue weighted by Crippen LogP contribution is -2.46. The Morgan fingerprint density at radius 3 is 2.28 bits per heavy atom. The summed E-state index contributed by atoms with van der Waals surface area (Å²) in [4.78, 5) is 12.7. The summed E-state index contributed by atoms with van der Waals surface area (Å²) >= 11 is -2.58. The van der Waals surface area contributed by atoms with Gasteiger partial charge in [-0.05, 0) is 82.2 Å². The maximum Gasteiger partial charge on any atom is 0.421 e. The minimum atomic E-state index is -4.93. The summed E-state index contributed by atoms with van der Waals surface area (Å²) in [6.07, 6.45) is -4.36. The van der Waals surface area contributed by atoms with Crippen molar-refractivity contribution < 1.29 is 40.4 Å². The molecule has 1 aliphatic heterocycles. The Bertz CT molecular complexity index is 1270. The summed E-state index contributed by atoms with van der Waals surface area (Å²) in [5, 5.41) is 3.03. The quantitative estimate of drug-likeness (QED) is 0.224. The second-order valence-corrected chi connectivity index (χ2v) is 13.4. The van der Waals surface area contributed by atoms with Crippen molar-refractivity contribution in [1.82, 2.24) is 14.6 Å². The van der Waals surface area contributed by atoms with Gasteiger partial charge in [0.1, 0.15) is 5.56 Å². The van der Waals surface area contributed by atoms with Gasteiger partial charge in [-0.2, -0.15) is 26.3 Å². The Morgan fingerprint density at radius 1 is 1.02 bits per heavy atom. The van der Waals surface area contributed by atoms with Crippen molar-refractivity contribution in [1.29, 1.82) is 0 Å². The number of amides is 1. The van der Waals surface area contributed by atoms with Crippen LogP contribution in [0.3, 0.4) is 0 Å². The van der Waals surface area contributed by atoms with Crippen LogP contribution in [-0.2, 0) is 28.8 Å². The molecule has 6 nitrogen and oxygen atoms in total. The molecule has 1 amide bonds. The highest BCUT2D eigenvalue weighted by Crippen LogP contribution is 2.39. The number of ether oxygens (including phenoxy) is 1. The van der Waals surface area contributed by atoms with Crippen molar-refractivity contribution in [3.05, 3.63) is 41.1 Å². The molecule has 0 radical (unpaired) electrons. The first kappa shape index (κ1) is 33.7. The molecule has 1 aliphatic carbocycles. The largest absolute Gasteiger partial charge is 0.593 e. The second-order valence-electron chi connectivity index (χ2n) is 12.3. The van der Waals surface area contributed by atoms with Gasteiger partial charge in [-0.25, -0.2) is 0 Å². The number of halogens is 6. The van der Waals surface area contributed by atoms with Crippen LogP contribution in [0.5, 0.6) is 0 Å². The van der Waals surface area contributed by atoms with E-state index in [4.69, 9.17) is 4.74 Å². The van der Waals surface area contributed by atoms with E-state index in [1.54, 1.807) is 13.0 Å². The molecule has 2 fully saturated rings. The number of alkyl halides is 6. The summed E-state index contributed by atoms with van der Waals surface area (Å²) in [6, 6.07) is 4.83. The first-order valence-electron chi connectivity index (χ1n) is 14.6. The van der Waals surface area contributed by atoms with Crippen LogP contribution in [0.4, 0.5) is 26.3 Å². The fraction of sp³-hybridized carbons (Fsp3) is 0.633. The van der Waals surface area contributed by atoms with E-state index in [9.17, 15) is 35.7 Å². The van der Waals surface area contributed by atoms with E-state index in [1.807, 2.05) is 4.57 Å². The normalized spacial score (nSPS) is 18.6. The Hall–Kier alpha value is -2.22. The molecule has 4 rings (SSSR count). The van der Waals surface area contributed by atoms with E-state index in [-0.39, 0.29) is 17.5 Å². The molecule has 1 aromatic carbocycles. The molecular weight excluding hydrogens is 596 g/mol. The second kappa shape index (κ2) is 13.4. The van der Waals surface area contributed by atoms with Gasteiger partial charge < -0.3 is 19.2 Å². The van der Waals surface area contributed by atoms with Crippen LogP contribution in [0.15, 0.2) is 29.2 Å². The number of nitrogens with one attached hydrogen (secondary N) is 2. The van der Waals surface area contributed by atoms with Gasteiger partial charge in [0.25, 0.3) is 5.91 Å². The molecule has 2 aliphatic rings. The maximum absolute atomic E-state index is 14.3. The number of hydrogen-bond donors (Lipinski definition) is 2. The molecule has 2 heterocycles. The average Bonchev–Trinajstić information content (AvgIpc) is 3.23. The predicted molar refractivity (Wildman–Crippen MR) is 152 cm³/mol. The summed E-state index contributed by atoms with van der Waals surface area (Å²) in [5.74, 6) is -0.00293. The number of aromatic nitrogens is 1. The van der Waals surface area contributed by atoms with Gasteiger partial charge >= 0.3 is 12.4 Å². The standard InChI is InChI=1S/C30H39F6N3O3S/c1-19-23(27(40)37-22-11-13-42-14-12-22)16-25(39(19)17-20-7-5-4-6-8-20)21-9-10-26(24(15-21)30(34,35)36)43(41)38-28(2,3)18-29(31,32)33/h9-10,15-16,20,22,38H,4-8,11-14,17-18H2,1-3H3,(H,37,40). The molecule has 0 spiro atoms. The van der Waals surface area contributed by atoms with Crippen molar-refractivity contribution in [3.8, 4) is 11.3 Å². The molecule has 1 saturated heterocycles. The van der Waals surface area contributed by atoms with E-state index in [0.717, 1.165) is 58.1 Å². The molecule has 1 aromatic heterocycles. The molecule has 2 N–H and O–H groups in total. The monoisotopic (exact) mass is 635 g/mol. The van der Waals surface area contributed by atoms with Gasteiger partial charge in [-0.3, -0.25) is 4.79 Å². The van der Waals surface area contributed by atoms with Gasteiger partial charge in [0, 0.05) is 37.2 Å². The predicted octanol–water partition coefficient (Wildman–Crippen LogP) is 7.31. The van der Waals surface area contributed by atoms with E-state index in [1.165, 1.54) is 6.07 Å². The van der Waals surface area contributed by atoms with Crippen molar-refractivity contribution in [2.45, 2.75) is 108 Å². The fourth-order valence-corrected chi connectivity index (χ4v) is 7.25. The molecule has 43 heavy (non-hydrogen) atoms. The molecule has 240 valence electrons. The molecule has 2 aromatic rings. The van der Waals surface area contributed by atoms with Crippen LogP contribution in [0.1, 0.15) is 86.8 Å². The average molecular weight is 636 g/mol. The number of hydrogen-bond acceptors (Lipinski definition) is 4. The maximum atomic E-state index is 14.3. The Balaban J connectivity index is 1.72. The third-order valence-corrected chi connectivity index (χ3v) is 9.62. The van der Waals surface area contributed by atoms with Gasteiger partial charge in [0.05, 0.1) is 28.9 Å².